The van der Waals surface area contributed by atoms with Gasteiger partial charge in [0.05, 0.1) is 10.5 Å². The third-order valence-electron chi connectivity index (χ3n) is 6.93. The molecule has 2 heterocycles. The first-order valence-electron chi connectivity index (χ1n) is 12.0. The molecule has 0 saturated carbocycles. The SMILES string of the molecule is Cc1ccc(OC2CCN(C(=O)c3cc(S(=O)(=O)N(C)C)ccc3N3CCCC3)CC2)cc1C. The molecule has 4 rings (SSSR count). The van der Waals surface area contributed by atoms with Gasteiger partial charge in [0.2, 0.25) is 10.0 Å². The molecule has 0 N–H and O–H groups in total. The van der Waals surface area contributed by atoms with E-state index in [1.165, 1.54) is 29.5 Å². The van der Waals surface area contributed by atoms with Crippen LogP contribution >= 0.6 is 0 Å². The van der Waals surface area contributed by atoms with Gasteiger partial charge in [-0.25, -0.2) is 12.7 Å². The Kier molecular flexibility index (Phi) is 7.19. The van der Waals surface area contributed by atoms with Crippen molar-refractivity contribution in [2.45, 2.75) is 50.5 Å². The number of hydrogen-bond donors (Lipinski definition) is 0. The molecule has 2 aliphatic rings. The Morgan fingerprint density at radius 2 is 1.62 bits per heavy atom. The van der Waals surface area contributed by atoms with E-state index in [2.05, 4.69) is 30.9 Å². The molecular formula is C26H35N3O4S. The zero-order valence-electron chi connectivity index (χ0n) is 20.6. The molecule has 2 aromatic carbocycles. The summed E-state index contributed by atoms with van der Waals surface area (Å²) in [6.45, 7) is 7.08. The summed E-state index contributed by atoms with van der Waals surface area (Å²) in [6.07, 6.45) is 3.70. The van der Waals surface area contributed by atoms with Crippen LogP contribution in [0.5, 0.6) is 5.75 Å². The van der Waals surface area contributed by atoms with Gasteiger partial charge in [-0.05, 0) is 68.1 Å². The van der Waals surface area contributed by atoms with E-state index in [0.717, 1.165) is 50.2 Å². The summed E-state index contributed by atoms with van der Waals surface area (Å²) in [5, 5.41) is 0. The van der Waals surface area contributed by atoms with Crippen LogP contribution in [0.3, 0.4) is 0 Å². The first-order valence-corrected chi connectivity index (χ1v) is 13.5. The number of nitrogens with zero attached hydrogens (tertiary/aromatic N) is 3. The Morgan fingerprint density at radius 3 is 2.24 bits per heavy atom. The molecule has 1 amide bonds. The van der Waals surface area contributed by atoms with E-state index in [-0.39, 0.29) is 16.9 Å². The highest BCUT2D eigenvalue weighted by Gasteiger charge is 2.30. The molecule has 2 aliphatic heterocycles. The fourth-order valence-corrected chi connectivity index (χ4v) is 5.55. The molecule has 34 heavy (non-hydrogen) atoms. The second-order valence-electron chi connectivity index (χ2n) is 9.52. The number of hydrogen-bond acceptors (Lipinski definition) is 5. The Balaban J connectivity index is 1.52. The second kappa shape index (κ2) is 9.96. The van der Waals surface area contributed by atoms with Crippen molar-refractivity contribution in [3.05, 3.63) is 53.1 Å². The number of sulfonamides is 1. The highest BCUT2D eigenvalue weighted by atomic mass is 32.2. The van der Waals surface area contributed by atoms with Gasteiger partial charge in [0, 0.05) is 58.8 Å². The summed E-state index contributed by atoms with van der Waals surface area (Å²) in [6, 6.07) is 11.1. The number of carbonyl (C=O) groups is 1. The molecular weight excluding hydrogens is 450 g/mol. The lowest BCUT2D eigenvalue weighted by atomic mass is 10.0. The maximum atomic E-state index is 13.6. The molecule has 7 nitrogen and oxygen atoms in total. The number of anilines is 1. The molecule has 0 aromatic heterocycles. The van der Waals surface area contributed by atoms with Crippen LogP contribution in [0.1, 0.15) is 47.2 Å². The topological polar surface area (TPSA) is 70.2 Å². The zero-order chi connectivity index (χ0) is 24.5. The molecule has 0 unspecified atom stereocenters. The van der Waals surface area contributed by atoms with Crippen molar-refractivity contribution in [1.82, 2.24) is 9.21 Å². The van der Waals surface area contributed by atoms with Gasteiger partial charge in [0.25, 0.3) is 5.91 Å². The summed E-state index contributed by atoms with van der Waals surface area (Å²) >= 11 is 0. The van der Waals surface area contributed by atoms with Gasteiger partial charge < -0.3 is 14.5 Å². The average Bonchev–Trinajstić information content (AvgIpc) is 3.36. The number of carbonyl (C=O) groups excluding carboxylic acids is 1. The van der Waals surface area contributed by atoms with Gasteiger partial charge in [-0.3, -0.25) is 4.79 Å². The average molecular weight is 486 g/mol. The van der Waals surface area contributed by atoms with Crippen LogP contribution in [-0.4, -0.2) is 69.9 Å². The minimum atomic E-state index is -3.63. The van der Waals surface area contributed by atoms with Crippen LogP contribution in [0, 0.1) is 13.8 Å². The lowest BCUT2D eigenvalue weighted by Crippen LogP contribution is -2.42. The monoisotopic (exact) mass is 485 g/mol. The quantitative estimate of drug-likeness (QED) is 0.622. The Labute approximate surface area is 203 Å². The van der Waals surface area contributed by atoms with E-state index in [0.29, 0.717) is 18.7 Å². The Hall–Kier alpha value is -2.58. The molecule has 0 radical (unpaired) electrons. The molecule has 8 heteroatoms. The number of likely N-dealkylation sites (tertiary alicyclic amines) is 1. The third kappa shape index (κ3) is 5.08. The van der Waals surface area contributed by atoms with Crippen LogP contribution in [0.25, 0.3) is 0 Å². The minimum absolute atomic E-state index is 0.0599. The van der Waals surface area contributed by atoms with E-state index in [4.69, 9.17) is 4.74 Å². The number of piperidine rings is 1. The van der Waals surface area contributed by atoms with Crippen LogP contribution in [-0.2, 0) is 10.0 Å². The first kappa shape index (κ1) is 24.5. The van der Waals surface area contributed by atoms with Gasteiger partial charge in [0.1, 0.15) is 11.9 Å². The summed E-state index contributed by atoms with van der Waals surface area (Å²) in [5.74, 6) is 0.758. The predicted molar refractivity (Wildman–Crippen MR) is 134 cm³/mol. The van der Waals surface area contributed by atoms with Crippen LogP contribution in [0.4, 0.5) is 5.69 Å². The van der Waals surface area contributed by atoms with Crippen molar-refractivity contribution in [2.75, 3.05) is 45.2 Å². The Morgan fingerprint density at radius 1 is 0.941 bits per heavy atom. The van der Waals surface area contributed by atoms with Crippen molar-refractivity contribution < 1.29 is 17.9 Å². The van der Waals surface area contributed by atoms with Crippen LogP contribution in [0.2, 0.25) is 0 Å². The third-order valence-corrected chi connectivity index (χ3v) is 8.75. The van der Waals surface area contributed by atoms with Crippen molar-refractivity contribution >= 4 is 21.6 Å². The standard InChI is InChI=1S/C26H35N3O4S/c1-19-7-8-22(17-20(19)2)33-21-11-15-29(16-12-21)26(30)24-18-23(34(31,32)27(3)4)9-10-25(24)28-13-5-6-14-28/h7-10,17-18,21H,5-6,11-16H2,1-4H3. The van der Waals surface area contributed by atoms with Crippen molar-refractivity contribution in [3.63, 3.8) is 0 Å². The summed E-state index contributed by atoms with van der Waals surface area (Å²) < 4.78 is 32.9. The summed E-state index contributed by atoms with van der Waals surface area (Å²) in [5.41, 5.74) is 3.74. The maximum Gasteiger partial charge on any atom is 0.256 e. The number of amides is 1. The number of benzene rings is 2. The second-order valence-corrected chi connectivity index (χ2v) is 11.7. The van der Waals surface area contributed by atoms with Gasteiger partial charge in [0.15, 0.2) is 0 Å². The highest BCUT2D eigenvalue weighted by molar-refractivity contribution is 7.89. The molecule has 2 saturated heterocycles. The molecule has 0 aliphatic carbocycles. The van der Waals surface area contributed by atoms with E-state index in [1.54, 1.807) is 18.2 Å². The lowest BCUT2D eigenvalue weighted by Gasteiger charge is -2.33. The van der Waals surface area contributed by atoms with Crippen LogP contribution in [0.15, 0.2) is 41.3 Å². The molecule has 2 fully saturated rings. The maximum absolute atomic E-state index is 13.6. The fourth-order valence-electron chi connectivity index (χ4n) is 4.62. The fraction of sp³-hybridized carbons (Fsp3) is 0.500. The number of ether oxygens (including phenoxy) is 1. The number of aryl methyl sites for hydroxylation is 2. The van der Waals surface area contributed by atoms with Gasteiger partial charge >= 0.3 is 0 Å². The minimum Gasteiger partial charge on any atom is -0.490 e. The van der Waals surface area contributed by atoms with Gasteiger partial charge in [-0.15, -0.1) is 0 Å². The molecule has 184 valence electrons. The van der Waals surface area contributed by atoms with Gasteiger partial charge in [-0.2, -0.15) is 0 Å². The lowest BCUT2D eigenvalue weighted by molar-refractivity contribution is 0.0596. The van der Waals surface area contributed by atoms with Crippen molar-refractivity contribution in [1.29, 1.82) is 0 Å². The Bertz CT molecular complexity index is 1150. The van der Waals surface area contributed by atoms with E-state index in [1.807, 2.05) is 11.0 Å². The van der Waals surface area contributed by atoms with Crippen molar-refractivity contribution in [2.24, 2.45) is 0 Å². The smallest absolute Gasteiger partial charge is 0.256 e. The van der Waals surface area contributed by atoms with E-state index < -0.39 is 10.0 Å². The summed E-state index contributed by atoms with van der Waals surface area (Å²) in [7, 11) is -0.619. The molecule has 0 atom stereocenters. The van der Waals surface area contributed by atoms with Crippen molar-refractivity contribution in [3.8, 4) is 5.75 Å². The number of rotatable bonds is 6. The largest absolute Gasteiger partial charge is 0.490 e. The first-order chi connectivity index (χ1) is 16.2. The van der Waals surface area contributed by atoms with E-state index >= 15 is 0 Å². The van der Waals surface area contributed by atoms with E-state index in [9.17, 15) is 13.2 Å². The predicted octanol–water partition coefficient (Wildman–Crippen LogP) is 3.84. The highest BCUT2D eigenvalue weighted by Crippen LogP contribution is 2.30. The summed E-state index contributed by atoms with van der Waals surface area (Å²) in [4.78, 5) is 17.8. The van der Waals surface area contributed by atoms with Gasteiger partial charge in [-0.1, -0.05) is 6.07 Å². The normalized spacial score (nSPS) is 17.4. The zero-order valence-corrected chi connectivity index (χ0v) is 21.4. The molecule has 0 spiro atoms. The molecule has 0 bridgehead atoms. The molecule has 2 aromatic rings. The van der Waals surface area contributed by atoms with Crippen LogP contribution < -0.4 is 9.64 Å².